The van der Waals surface area contributed by atoms with E-state index < -0.39 is 0 Å². The zero-order valence-corrected chi connectivity index (χ0v) is 9.67. The van der Waals surface area contributed by atoms with E-state index in [9.17, 15) is 10.4 Å². The van der Waals surface area contributed by atoms with Gasteiger partial charge in [-0.25, -0.2) is 0 Å². The molecule has 1 fully saturated rings. The minimum absolute atomic E-state index is 0.152. The molecule has 1 saturated heterocycles. The number of likely N-dealkylation sites (N-methyl/N-ethyl adjacent to an activating group) is 1. The van der Waals surface area contributed by atoms with Gasteiger partial charge in [0.05, 0.1) is 0 Å². The molecule has 17 heavy (non-hydrogen) atoms. The van der Waals surface area contributed by atoms with Gasteiger partial charge >= 0.3 is 0 Å². The number of benzene rings is 1. The fourth-order valence-electron chi connectivity index (χ4n) is 2.85. The summed E-state index contributed by atoms with van der Waals surface area (Å²) in [4.78, 5) is 0. The van der Waals surface area contributed by atoms with Gasteiger partial charge in [0.2, 0.25) is 0 Å². The van der Waals surface area contributed by atoms with Crippen molar-refractivity contribution in [3.8, 4) is 0 Å². The third-order valence-corrected chi connectivity index (χ3v) is 3.75. The lowest BCUT2D eigenvalue weighted by Crippen LogP contribution is -2.47. The zero-order chi connectivity index (χ0) is 12.0. The van der Waals surface area contributed by atoms with Crippen molar-refractivity contribution in [2.24, 2.45) is 0 Å². The molecule has 0 aromatic heterocycles. The fourth-order valence-corrected chi connectivity index (χ4v) is 2.85. The maximum Gasteiger partial charge on any atom is 0.0216 e. The molecular formula is C13H14N2O2-2. The average molecular weight is 230 g/mol. The predicted molar refractivity (Wildman–Crippen MR) is 66.8 cm³/mol. The van der Waals surface area contributed by atoms with Crippen LogP contribution in [-0.4, -0.2) is 29.8 Å². The van der Waals surface area contributed by atoms with Crippen molar-refractivity contribution in [2.75, 3.05) is 13.6 Å². The van der Waals surface area contributed by atoms with E-state index >= 15 is 0 Å². The zero-order valence-electron chi connectivity index (χ0n) is 9.67. The second-order valence-electron chi connectivity index (χ2n) is 4.75. The first-order chi connectivity index (χ1) is 8.16. The minimum Gasteiger partial charge on any atom is -0.785 e. The van der Waals surface area contributed by atoms with Gasteiger partial charge < -0.3 is 20.5 Å². The Hall–Kier alpha value is -1.36. The summed E-state index contributed by atoms with van der Waals surface area (Å²) in [6.07, 6.45) is 2.62. The van der Waals surface area contributed by atoms with Crippen molar-refractivity contribution in [3.63, 3.8) is 0 Å². The minimum atomic E-state index is -0.244. The van der Waals surface area contributed by atoms with E-state index in [1.54, 1.807) is 0 Å². The van der Waals surface area contributed by atoms with Crippen LogP contribution < -0.4 is 0 Å². The van der Waals surface area contributed by atoms with Crippen LogP contribution >= 0.6 is 0 Å². The van der Waals surface area contributed by atoms with E-state index in [0.29, 0.717) is 6.42 Å². The van der Waals surface area contributed by atoms with Gasteiger partial charge in [0, 0.05) is 24.2 Å². The van der Waals surface area contributed by atoms with Crippen molar-refractivity contribution >= 4 is 6.08 Å². The average Bonchev–Trinajstić information content (AvgIpc) is 2.33. The van der Waals surface area contributed by atoms with Crippen molar-refractivity contribution in [3.05, 3.63) is 51.5 Å². The molecule has 4 nitrogen and oxygen atoms in total. The lowest BCUT2D eigenvalue weighted by atomic mass is 9.78. The molecule has 0 saturated carbocycles. The van der Waals surface area contributed by atoms with Gasteiger partial charge in [-0.3, -0.25) is 0 Å². The lowest BCUT2D eigenvalue weighted by Gasteiger charge is -2.52. The standard InChI is InChI=1S/C13H14N2O2/c1-14(16)13-8-15(17)10-6-9-4-2-3-5-11(9)12(13)7-10/h2-6,12-13H,7-8H2,1H3/q-2. The Balaban J connectivity index is 2.09. The third kappa shape index (κ3) is 1.65. The molecule has 1 aliphatic heterocycles. The predicted octanol–water partition coefficient (Wildman–Crippen LogP) is 2.13. The molecule has 2 unspecified atom stereocenters. The molecule has 1 heterocycles. The van der Waals surface area contributed by atoms with Crippen LogP contribution in [0.25, 0.3) is 6.08 Å². The first kappa shape index (κ1) is 10.8. The SMILES string of the molecule is CN([O-])C1CN([O-])C2=Cc3ccccc3C1C2. The van der Waals surface area contributed by atoms with Crippen molar-refractivity contribution in [1.82, 2.24) is 10.1 Å². The highest BCUT2D eigenvalue weighted by Gasteiger charge is 2.33. The lowest BCUT2D eigenvalue weighted by molar-refractivity contribution is 0.192. The second-order valence-corrected chi connectivity index (χ2v) is 4.75. The van der Waals surface area contributed by atoms with Crippen LogP contribution in [0.4, 0.5) is 0 Å². The molecule has 0 amide bonds. The largest absolute Gasteiger partial charge is 0.785 e. The van der Waals surface area contributed by atoms with Crippen LogP contribution in [0.15, 0.2) is 30.0 Å². The number of fused-ring (bicyclic) bond motifs is 4. The maximum atomic E-state index is 11.8. The molecule has 1 aromatic rings. The van der Waals surface area contributed by atoms with Crippen LogP contribution in [0.3, 0.4) is 0 Å². The van der Waals surface area contributed by atoms with Crippen LogP contribution in [-0.2, 0) is 0 Å². The number of hydroxylamine groups is 4. The Morgan fingerprint density at radius 1 is 1.35 bits per heavy atom. The molecule has 1 aromatic carbocycles. The summed E-state index contributed by atoms with van der Waals surface area (Å²) in [6.45, 7) is 0.269. The highest BCUT2D eigenvalue weighted by molar-refractivity contribution is 5.61. The highest BCUT2D eigenvalue weighted by Crippen LogP contribution is 2.41. The van der Waals surface area contributed by atoms with E-state index in [1.807, 2.05) is 24.3 Å². The van der Waals surface area contributed by atoms with Gasteiger partial charge in [0.1, 0.15) is 0 Å². The summed E-state index contributed by atoms with van der Waals surface area (Å²) < 4.78 is 0. The summed E-state index contributed by atoms with van der Waals surface area (Å²) in [6, 6.07) is 7.77. The molecule has 0 N–H and O–H groups in total. The molecule has 90 valence electrons. The van der Waals surface area contributed by atoms with E-state index in [0.717, 1.165) is 21.4 Å². The summed E-state index contributed by atoms with van der Waals surface area (Å²) >= 11 is 0. The van der Waals surface area contributed by atoms with Crippen molar-refractivity contribution < 1.29 is 0 Å². The number of allylic oxidation sites excluding steroid dienone is 1. The van der Waals surface area contributed by atoms with Crippen LogP contribution in [0.5, 0.6) is 0 Å². The van der Waals surface area contributed by atoms with Crippen LogP contribution in [0, 0.1) is 10.4 Å². The highest BCUT2D eigenvalue weighted by atomic mass is 16.5. The third-order valence-electron chi connectivity index (χ3n) is 3.75. The maximum absolute atomic E-state index is 11.8. The Kier molecular flexibility index (Phi) is 2.43. The van der Waals surface area contributed by atoms with Gasteiger partial charge in [0.25, 0.3) is 0 Å². The Bertz CT molecular complexity index is 470. The number of hydrogen-bond acceptors (Lipinski definition) is 4. The molecule has 2 atom stereocenters. The van der Waals surface area contributed by atoms with Crippen LogP contribution in [0.1, 0.15) is 23.5 Å². The smallest absolute Gasteiger partial charge is 0.0216 e. The Labute approximate surface area is 100 Å². The molecule has 2 bridgehead atoms. The summed E-state index contributed by atoms with van der Waals surface area (Å²) in [5.41, 5.74) is 3.06. The number of rotatable bonds is 1. The van der Waals surface area contributed by atoms with Gasteiger partial charge in [-0.15, -0.1) is 0 Å². The van der Waals surface area contributed by atoms with Crippen LogP contribution in [0.2, 0.25) is 0 Å². The molecule has 4 heteroatoms. The molecule has 3 rings (SSSR count). The number of nitrogens with zero attached hydrogens (tertiary/aromatic N) is 2. The normalized spacial score (nSPS) is 26.8. The molecule has 0 spiro atoms. The van der Waals surface area contributed by atoms with Crippen molar-refractivity contribution in [2.45, 2.75) is 18.4 Å². The topological polar surface area (TPSA) is 52.6 Å². The fraction of sp³-hybridized carbons (Fsp3) is 0.385. The molecule has 1 aliphatic carbocycles. The van der Waals surface area contributed by atoms with E-state index in [1.165, 1.54) is 12.6 Å². The van der Waals surface area contributed by atoms with Gasteiger partial charge in [-0.2, -0.15) is 0 Å². The first-order valence-electron chi connectivity index (χ1n) is 5.81. The Morgan fingerprint density at radius 2 is 2.12 bits per heavy atom. The Morgan fingerprint density at radius 3 is 2.88 bits per heavy atom. The van der Waals surface area contributed by atoms with Gasteiger partial charge in [-0.1, -0.05) is 24.3 Å². The number of piperidine rings is 1. The summed E-state index contributed by atoms with van der Waals surface area (Å²) in [5, 5.41) is 25.3. The van der Waals surface area contributed by atoms with Crippen molar-refractivity contribution in [1.29, 1.82) is 0 Å². The van der Waals surface area contributed by atoms with E-state index in [-0.39, 0.29) is 18.5 Å². The summed E-state index contributed by atoms with van der Waals surface area (Å²) in [5.74, 6) is 0.152. The molecule has 0 radical (unpaired) electrons. The van der Waals surface area contributed by atoms with E-state index in [4.69, 9.17) is 0 Å². The molecular weight excluding hydrogens is 216 g/mol. The second kappa shape index (κ2) is 3.84. The molecule has 2 aliphatic rings. The van der Waals surface area contributed by atoms with E-state index in [2.05, 4.69) is 6.07 Å². The first-order valence-corrected chi connectivity index (χ1v) is 5.81. The monoisotopic (exact) mass is 230 g/mol. The number of hydrogen-bond donors (Lipinski definition) is 0. The summed E-state index contributed by atoms with van der Waals surface area (Å²) in [7, 11) is 1.50. The quantitative estimate of drug-likeness (QED) is 0.693. The van der Waals surface area contributed by atoms with Gasteiger partial charge in [0.15, 0.2) is 0 Å². The van der Waals surface area contributed by atoms with Gasteiger partial charge in [-0.05, 0) is 30.7 Å².